The molecule has 1 saturated heterocycles. The van der Waals surface area contributed by atoms with Gasteiger partial charge < -0.3 is 4.90 Å². The summed E-state index contributed by atoms with van der Waals surface area (Å²) >= 11 is 5.84. The first-order valence-electron chi connectivity index (χ1n) is 9.48. The van der Waals surface area contributed by atoms with Crippen LogP contribution >= 0.6 is 11.6 Å². The summed E-state index contributed by atoms with van der Waals surface area (Å²) in [5.41, 5.74) is 0.993. The summed E-state index contributed by atoms with van der Waals surface area (Å²) < 4.78 is 26.9. The second-order valence-electron chi connectivity index (χ2n) is 7.05. The average Bonchev–Trinajstić information content (AvgIpc) is 2.73. The van der Waals surface area contributed by atoms with Crippen molar-refractivity contribution in [3.8, 4) is 0 Å². The first kappa shape index (κ1) is 21.7. The zero-order valence-electron chi connectivity index (χ0n) is 16.4. The number of carbonyl (C=O) groups excluding carboxylic acids is 1. The lowest BCUT2D eigenvalue weighted by atomic mass is 10.2. The molecule has 0 spiro atoms. The predicted molar refractivity (Wildman–Crippen MR) is 112 cm³/mol. The summed E-state index contributed by atoms with van der Waals surface area (Å²) in [7, 11) is -1.67. The van der Waals surface area contributed by atoms with E-state index in [1.165, 1.54) is 16.4 Å². The Morgan fingerprint density at radius 3 is 2.41 bits per heavy atom. The Labute approximate surface area is 176 Å². The monoisotopic (exact) mass is 436 g/mol. The summed E-state index contributed by atoms with van der Waals surface area (Å²) in [6.07, 6.45) is 2.54. The number of aromatic nitrogens is 1. The van der Waals surface area contributed by atoms with E-state index in [9.17, 15) is 13.2 Å². The van der Waals surface area contributed by atoms with Crippen molar-refractivity contribution in [1.29, 1.82) is 0 Å². The summed E-state index contributed by atoms with van der Waals surface area (Å²) in [5.74, 6) is 0.0112. The van der Waals surface area contributed by atoms with Gasteiger partial charge in [0.1, 0.15) is 0 Å². The van der Waals surface area contributed by atoms with Gasteiger partial charge >= 0.3 is 0 Å². The number of pyridine rings is 1. The smallest absolute Gasteiger partial charge is 0.243 e. The van der Waals surface area contributed by atoms with Gasteiger partial charge in [0, 0.05) is 56.1 Å². The number of amides is 1. The van der Waals surface area contributed by atoms with Gasteiger partial charge in [-0.3, -0.25) is 14.7 Å². The van der Waals surface area contributed by atoms with Crippen LogP contribution in [0, 0.1) is 0 Å². The van der Waals surface area contributed by atoms with Crippen LogP contribution in [-0.4, -0.2) is 79.7 Å². The molecule has 1 amide bonds. The highest BCUT2D eigenvalue weighted by molar-refractivity contribution is 7.89. The van der Waals surface area contributed by atoms with E-state index in [1.807, 2.05) is 30.1 Å². The van der Waals surface area contributed by atoms with E-state index in [-0.39, 0.29) is 23.9 Å². The van der Waals surface area contributed by atoms with Crippen molar-refractivity contribution in [3.05, 3.63) is 59.4 Å². The second-order valence-corrected chi connectivity index (χ2v) is 9.42. The molecule has 2 heterocycles. The summed E-state index contributed by atoms with van der Waals surface area (Å²) in [6.45, 7) is 2.38. The number of hydrogen-bond donors (Lipinski definition) is 0. The van der Waals surface area contributed by atoms with Crippen LogP contribution in [-0.2, 0) is 21.2 Å². The number of nitrogens with zero attached hydrogens (tertiary/aromatic N) is 4. The maximum Gasteiger partial charge on any atom is 0.243 e. The molecule has 1 aromatic carbocycles. The molecule has 0 saturated carbocycles. The molecule has 29 heavy (non-hydrogen) atoms. The third-order valence-electron chi connectivity index (χ3n) is 4.92. The fraction of sp³-hybridized carbons (Fsp3) is 0.400. The Bertz CT molecular complexity index is 915. The largest absolute Gasteiger partial charge is 0.339 e. The van der Waals surface area contributed by atoms with E-state index in [2.05, 4.69) is 4.98 Å². The Hall–Kier alpha value is -2.00. The lowest BCUT2D eigenvalue weighted by Crippen LogP contribution is -2.52. The highest BCUT2D eigenvalue weighted by Gasteiger charge is 2.30. The van der Waals surface area contributed by atoms with E-state index < -0.39 is 10.0 Å². The Kier molecular flexibility index (Phi) is 7.23. The quantitative estimate of drug-likeness (QED) is 0.661. The Morgan fingerprint density at radius 2 is 1.79 bits per heavy atom. The fourth-order valence-corrected chi connectivity index (χ4v) is 4.74. The lowest BCUT2D eigenvalue weighted by molar-refractivity contribution is -0.133. The molecule has 0 unspecified atom stereocenters. The van der Waals surface area contributed by atoms with Crippen molar-refractivity contribution in [2.45, 2.75) is 11.3 Å². The van der Waals surface area contributed by atoms with Crippen molar-refractivity contribution in [2.24, 2.45) is 0 Å². The topological polar surface area (TPSA) is 73.8 Å². The average molecular weight is 437 g/mol. The molecule has 9 heteroatoms. The number of carbonyl (C=O) groups is 1. The molecule has 7 nitrogen and oxygen atoms in total. The molecular weight excluding hydrogens is 412 g/mol. The molecule has 156 valence electrons. The van der Waals surface area contributed by atoms with Gasteiger partial charge in [-0.2, -0.15) is 4.31 Å². The van der Waals surface area contributed by atoms with E-state index >= 15 is 0 Å². The molecule has 1 aliphatic rings. The maximum absolute atomic E-state index is 12.7. The minimum absolute atomic E-state index is 0.0112. The highest BCUT2D eigenvalue weighted by Crippen LogP contribution is 2.20. The Morgan fingerprint density at radius 1 is 1.10 bits per heavy atom. The number of likely N-dealkylation sites (N-methyl/N-ethyl adjacent to an activating group) is 1. The van der Waals surface area contributed by atoms with Crippen LogP contribution in [0.3, 0.4) is 0 Å². The molecule has 0 N–H and O–H groups in total. The van der Waals surface area contributed by atoms with Crippen LogP contribution < -0.4 is 0 Å². The van der Waals surface area contributed by atoms with Crippen molar-refractivity contribution < 1.29 is 13.2 Å². The molecule has 1 fully saturated rings. The highest BCUT2D eigenvalue weighted by atomic mass is 35.5. The van der Waals surface area contributed by atoms with Gasteiger partial charge in [0.2, 0.25) is 15.9 Å². The van der Waals surface area contributed by atoms with Gasteiger partial charge in [-0.15, -0.1) is 0 Å². The second kappa shape index (κ2) is 9.67. The van der Waals surface area contributed by atoms with Crippen LogP contribution in [0.4, 0.5) is 0 Å². The van der Waals surface area contributed by atoms with Gasteiger partial charge in [-0.25, -0.2) is 8.42 Å². The van der Waals surface area contributed by atoms with Crippen LogP contribution in [0.2, 0.25) is 5.02 Å². The normalized spacial score (nSPS) is 15.6. The van der Waals surface area contributed by atoms with Crippen LogP contribution in [0.25, 0.3) is 0 Å². The molecule has 3 rings (SSSR count). The van der Waals surface area contributed by atoms with Gasteiger partial charge in [0.25, 0.3) is 0 Å². The van der Waals surface area contributed by atoms with Gasteiger partial charge in [-0.1, -0.05) is 17.7 Å². The predicted octanol–water partition coefficient (Wildman–Crippen LogP) is 1.74. The molecule has 0 bridgehead atoms. The van der Waals surface area contributed by atoms with E-state index in [1.54, 1.807) is 23.2 Å². The number of halogens is 1. The number of hydrogen-bond acceptors (Lipinski definition) is 5. The fourth-order valence-electron chi connectivity index (χ4n) is 3.19. The van der Waals surface area contributed by atoms with E-state index in [0.717, 1.165) is 18.7 Å². The standard InChI is InChI=1S/C20H25ClN4O3S/c1-23(11-9-18-4-2-3-10-22-18)16-20(26)24-12-14-25(15-13-24)29(27,28)19-7-5-17(21)6-8-19/h2-8,10H,9,11-16H2,1H3. The van der Waals surface area contributed by atoms with Crippen molar-refractivity contribution in [1.82, 2.24) is 19.1 Å². The minimum atomic E-state index is -3.57. The van der Waals surface area contributed by atoms with Crippen molar-refractivity contribution >= 4 is 27.5 Å². The summed E-state index contributed by atoms with van der Waals surface area (Å²) in [5, 5.41) is 0.492. The zero-order chi connectivity index (χ0) is 20.9. The van der Waals surface area contributed by atoms with Crippen LogP contribution in [0.1, 0.15) is 5.69 Å². The van der Waals surface area contributed by atoms with E-state index in [0.29, 0.717) is 24.7 Å². The zero-order valence-corrected chi connectivity index (χ0v) is 17.9. The Balaban J connectivity index is 1.48. The van der Waals surface area contributed by atoms with Crippen molar-refractivity contribution in [3.63, 3.8) is 0 Å². The minimum Gasteiger partial charge on any atom is -0.339 e. The molecule has 0 aliphatic carbocycles. The molecule has 2 aromatic rings. The molecular formula is C20H25ClN4O3S. The maximum atomic E-state index is 12.7. The van der Waals surface area contributed by atoms with Crippen LogP contribution in [0.5, 0.6) is 0 Å². The van der Waals surface area contributed by atoms with Gasteiger partial charge in [-0.05, 0) is 43.4 Å². The third kappa shape index (κ3) is 5.76. The number of rotatable bonds is 7. The van der Waals surface area contributed by atoms with Crippen LogP contribution in [0.15, 0.2) is 53.6 Å². The van der Waals surface area contributed by atoms with Gasteiger partial charge in [0.15, 0.2) is 0 Å². The molecule has 0 atom stereocenters. The number of benzene rings is 1. The van der Waals surface area contributed by atoms with Crippen molar-refractivity contribution in [2.75, 3.05) is 46.3 Å². The number of piperazine rings is 1. The third-order valence-corrected chi connectivity index (χ3v) is 7.09. The summed E-state index contributed by atoms with van der Waals surface area (Å²) in [4.78, 5) is 20.8. The first-order chi connectivity index (χ1) is 13.9. The first-order valence-corrected chi connectivity index (χ1v) is 11.3. The number of sulfonamides is 1. The molecule has 1 aromatic heterocycles. The van der Waals surface area contributed by atoms with Gasteiger partial charge in [0.05, 0.1) is 11.4 Å². The van der Waals surface area contributed by atoms with E-state index in [4.69, 9.17) is 11.6 Å². The SMILES string of the molecule is CN(CCc1ccccn1)CC(=O)N1CCN(S(=O)(=O)c2ccc(Cl)cc2)CC1. The molecule has 1 aliphatic heterocycles. The molecule has 0 radical (unpaired) electrons. The lowest BCUT2D eigenvalue weighted by Gasteiger charge is -2.34. The summed E-state index contributed by atoms with van der Waals surface area (Å²) in [6, 6.07) is 11.9.